The molecule has 0 aliphatic rings. The molecule has 1 rings (SSSR count). The zero-order valence-electron chi connectivity index (χ0n) is 9.02. The Hall–Kier alpha value is -0.620. The van der Waals surface area contributed by atoms with Crippen molar-refractivity contribution in [2.45, 2.75) is 12.7 Å². The van der Waals surface area contributed by atoms with Gasteiger partial charge in [-0.05, 0) is 23.8 Å². The third-order valence-corrected chi connectivity index (χ3v) is 2.76. The molecule has 0 spiro atoms. The second kappa shape index (κ2) is 6.85. The number of halogens is 1. The van der Waals surface area contributed by atoms with E-state index in [1.54, 1.807) is 18.2 Å². The molecule has 0 aliphatic heterocycles. The normalized spacial score (nSPS) is 12.5. The van der Waals surface area contributed by atoms with Gasteiger partial charge in [-0.1, -0.05) is 15.9 Å². The molecule has 1 aromatic rings. The van der Waals surface area contributed by atoms with Crippen molar-refractivity contribution >= 4 is 15.9 Å². The molecule has 0 saturated carbocycles. The summed E-state index contributed by atoms with van der Waals surface area (Å²) in [6.07, 6.45) is -0.647. The SMILES string of the molecule is COCC(O)COc1ccc(Br)c(CO)c1. The summed E-state index contributed by atoms with van der Waals surface area (Å²) in [4.78, 5) is 0. The number of rotatable bonds is 6. The highest BCUT2D eigenvalue weighted by molar-refractivity contribution is 9.10. The van der Waals surface area contributed by atoms with Crippen LogP contribution in [0.5, 0.6) is 5.75 Å². The van der Waals surface area contributed by atoms with Crippen molar-refractivity contribution in [3.05, 3.63) is 28.2 Å². The molecule has 0 radical (unpaired) electrons. The van der Waals surface area contributed by atoms with E-state index in [1.165, 1.54) is 7.11 Å². The van der Waals surface area contributed by atoms with Gasteiger partial charge in [0.1, 0.15) is 18.5 Å². The molecular formula is C11H15BrO4. The van der Waals surface area contributed by atoms with Gasteiger partial charge in [-0.2, -0.15) is 0 Å². The number of hydrogen-bond donors (Lipinski definition) is 2. The predicted octanol–water partition coefficient (Wildman–Crippen LogP) is 1.33. The van der Waals surface area contributed by atoms with E-state index in [-0.39, 0.29) is 19.8 Å². The van der Waals surface area contributed by atoms with Crippen LogP contribution >= 0.6 is 15.9 Å². The van der Waals surface area contributed by atoms with Crippen LogP contribution in [0.1, 0.15) is 5.56 Å². The summed E-state index contributed by atoms with van der Waals surface area (Å²) in [7, 11) is 1.52. The van der Waals surface area contributed by atoms with Crippen molar-refractivity contribution in [2.75, 3.05) is 20.3 Å². The highest BCUT2D eigenvalue weighted by Gasteiger charge is 2.06. The second-order valence-electron chi connectivity index (χ2n) is 3.33. The summed E-state index contributed by atoms with van der Waals surface area (Å²) in [5.74, 6) is 0.613. The fourth-order valence-electron chi connectivity index (χ4n) is 1.19. The van der Waals surface area contributed by atoms with Crippen molar-refractivity contribution in [1.82, 2.24) is 0 Å². The Morgan fingerprint density at radius 1 is 1.38 bits per heavy atom. The molecule has 1 unspecified atom stereocenters. The summed E-state index contributed by atoms with van der Waals surface area (Å²) >= 11 is 3.31. The molecule has 4 nitrogen and oxygen atoms in total. The van der Waals surface area contributed by atoms with E-state index in [2.05, 4.69) is 15.9 Å². The van der Waals surface area contributed by atoms with Gasteiger partial charge in [0.15, 0.2) is 0 Å². The third-order valence-electron chi connectivity index (χ3n) is 1.99. The fraction of sp³-hybridized carbons (Fsp3) is 0.455. The Morgan fingerprint density at radius 3 is 2.75 bits per heavy atom. The first-order chi connectivity index (χ1) is 7.67. The zero-order valence-corrected chi connectivity index (χ0v) is 10.6. The first-order valence-corrected chi connectivity index (χ1v) is 5.65. The van der Waals surface area contributed by atoms with Crippen LogP contribution in [-0.4, -0.2) is 36.6 Å². The van der Waals surface area contributed by atoms with E-state index in [0.29, 0.717) is 5.75 Å². The standard InChI is InChI=1S/C11H15BrO4/c1-15-6-9(14)7-16-10-2-3-11(12)8(4-10)5-13/h2-4,9,13-14H,5-7H2,1H3. The molecule has 1 aromatic carbocycles. The van der Waals surface area contributed by atoms with Gasteiger partial charge in [0.05, 0.1) is 13.2 Å². The fourth-order valence-corrected chi connectivity index (χ4v) is 1.57. The minimum Gasteiger partial charge on any atom is -0.491 e. The van der Waals surface area contributed by atoms with E-state index < -0.39 is 6.10 Å². The third kappa shape index (κ3) is 4.09. The molecule has 2 N–H and O–H groups in total. The van der Waals surface area contributed by atoms with Crippen LogP contribution in [0, 0.1) is 0 Å². The Balaban J connectivity index is 2.54. The molecule has 1 atom stereocenters. The molecule has 0 aromatic heterocycles. The van der Waals surface area contributed by atoms with Crippen molar-refractivity contribution in [3.8, 4) is 5.75 Å². The van der Waals surface area contributed by atoms with Gasteiger partial charge in [-0.15, -0.1) is 0 Å². The smallest absolute Gasteiger partial charge is 0.119 e. The summed E-state index contributed by atoms with van der Waals surface area (Å²) in [5.41, 5.74) is 0.749. The molecule has 0 aliphatic carbocycles. The molecular weight excluding hydrogens is 276 g/mol. The van der Waals surface area contributed by atoms with Gasteiger partial charge in [-0.3, -0.25) is 0 Å². The Bertz CT molecular complexity index is 330. The maximum absolute atomic E-state index is 9.38. The lowest BCUT2D eigenvalue weighted by Crippen LogP contribution is -2.22. The van der Waals surface area contributed by atoms with E-state index in [4.69, 9.17) is 14.6 Å². The van der Waals surface area contributed by atoms with Gasteiger partial charge in [-0.25, -0.2) is 0 Å². The van der Waals surface area contributed by atoms with Gasteiger partial charge < -0.3 is 19.7 Å². The first kappa shape index (κ1) is 13.4. The Labute approximate surface area is 103 Å². The topological polar surface area (TPSA) is 58.9 Å². The lowest BCUT2D eigenvalue weighted by atomic mass is 10.2. The van der Waals surface area contributed by atoms with Crippen LogP contribution in [0.2, 0.25) is 0 Å². The molecule has 0 fully saturated rings. The van der Waals surface area contributed by atoms with Crippen LogP contribution in [0.4, 0.5) is 0 Å². The van der Waals surface area contributed by atoms with Gasteiger partial charge in [0.2, 0.25) is 0 Å². The van der Waals surface area contributed by atoms with E-state index >= 15 is 0 Å². The quantitative estimate of drug-likeness (QED) is 0.830. The van der Waals surface area contributed by atoms with Crippen molar-refractivity contribution in [2.24, 2.45) is 0 Å². The summed E-state index contributed by atoms with van der Waals surface area (Å²) in [6.45, 7) is 0.349. The van der Waals surface area contributed by atoms with E-state index in [9.17, 15) is 5.11 Å². The molecule has 0 amide bonds. The minimum atomic E-state index is -0.647. The maximum Gasteiger partial charge on any atom is 0.119 e. The second-order valence-corrected chi connectivity index (χ2v) is 4.19. The van der Waals surface area contributed by atoms with E-state index in [1.807, 2.05) is 0 Å². The molecule has 16 heavy (non-hydrogen) atoms. The highest BCUT2D eigenvalue weighted by Crippen LogP contribution is 2.22. The Kier molecular flexibility index (Phi) is 5.76. The van der Waals surface area contributed by atoms with Crippen molar-refractivity contribution in [3.63, 3.8) is 0 Å². The largest absolute Gasteiger partial charge is 0.491 e. The number of hydrogen-bond acceptors (Lipinski definition) is 4. The van der Waals surface area contributed by atoms with Crippen LogP contribution in [0.3, 0.4) is 0 Å². The molecule has 90 valence electrons. The van der Waals surface area contributed by atoms with Crippen LogP contribution < -0.4 is 4.74 Å². The van der Waals surface area contributed by atoms with Crippen LogP contribution in [0.25, 0.3) is 0 Å². The van der Waals surface area contributed by atoms with Crippen LogP contribution in [0.15, 0.2) is 22.7 Å². The number of methoxy groups -OCH3 is 1. The lowest BCUT2D eigenvalue weighted by molar-refractivity contribution is 0.0325. The average Bonchev–Trinajstić information content (AvgIpc) is 2.28. The molecule has 0 saturated heterocycles. The molecule has 5 heteroatoms. The average molecular weight is 291 g/mol. The monoisotopic (exact) mass is 290 g/mol. The van der Waals surface area contributed by atoms with Gasteiger partial charge in [0.25, 0.3) is 0 Å². The highest BCUT2D eigenvalue weighted by atomic mass is 79.9. The Morgan fingerprint density at radius 2 is 2.12 bits per heavy atom. The van der Waals surface area contributed by atoms with E-state index in [0.717, 1.165) is 10.0 Å². The van der Waals surface area contributed by atoms with Gasteiger partial charge >= 0.3 is 0 Å². The number of aliphatic hydroxyl groups excluding tert-OH is 2. The number of ether oxygens (including phenoxy) is 2. The van der Waals surface area contributed by atoms with Crippen LogP contribution in [-0.2, 0) is 11.3 Å². The predicted molar refractivity (Wildman–Crippen MR) is 63.4 cm³/mol. The summed E-state index contributed by atoms with van der Waals surface area (Å²) < 4.78 is 11.0. The first-order valence-electron chi connectivity index (χ1n) is 4.86. The minimum absolute atomic E-state index is 0.0571. The maximum atomic E-state index is 9.38. The van der Waals surface area contributed by atoms with Crippen molar-refractivity contribution in [1.29, 1.82) is 0 Å². The van der Waals surface area contributed by atoms with Gasteiger partial charge in [0, 0.05) is 11.6 Å². The zero-order chi connectivity index (χ0) is 12.0. The van der Waals surface area contributed by atoms with Crippen molar-refractivity contribution < 1.29 is 19.7 Å². The lowest BCUT2D eigenvalue weighted by Gasteiger charge is -2.12. The number of benzene rings is 1. The molecule has 0 heterocycles. The number of aliphatic hydroxyl groups is 2. The summed E-state index contributed by atoms with van der Waals surface area (Å²) in [5, 5.41) is 18.4. The summed E-state index contributed by atoms with van der Waals surface area (Å²) in [6, 6.07) is 5.29. The molecule has 0 bridgehead atoms.